The zero-order valence-electron chi connectivity index (χ0n) is 19.1. The van der Waals surface area contributed by atoms with Crippen molar-refractivity contribution in [3.63, 3.8) is 0 Å². The molecule has 0 amide bonds. The number of rotatable bonds is 6. The van der Waals surface area contributed by atoms with Gasteiger partial charge in [0.25, 0.3) is 5.56 Å². The molecule has 6 nitrogen and oxygen atoms in total. The highest BCUT2D eigenvalue weighted by atomic mass is 16.1. The standard InChI is InChI=1S/C25H31N5O/c1-16(2)25(19(5)29(6)7)20-13-21-15-30(11-9-22(21)27-14-20)18(4)17(3)12-23-26-10-8-24(31)28-23/h8,10,12-14H,1,4,9,11,15H2,2-3,5-7H3,(H,26,28,31)/b17-12-,25-19+. The van der Waals surface area contributed by atoms with Crippen LogP contribution in [0.4, 0.5) is 0 Å². The number of allylic oxidation sites excluding steroid dienone is 4. The number of nitrogens with zero attached hydrogens (tertiary/aromatic N) is 4. The molecule has 0 atom stereocenters. The molecule has 2 aromatic heterocycles. The lowest BCUT2D eigenvalue weighted by Gasteiger charge is -2.32. The first-order valence-electron chi connectivity index (χ1n) is 10.4. The lowest BCUT2D eigenvalue weighted by molar-refractivity contribution is 0.326. The average Bonchev–Trinajstić information content (AvgIpc) is 2.72. The molecule has 0 saturated carbocycles. The molecule has 2 aromatic rings. The summed E-state index contributed by atoms with van der Waals surface area (Å²) in [5.41, 5.74) is 8.45. The minimum atomic E-state index is -0.167. The van der Waals surface area contributed by atoms with Crippen molar-refractivity contribution in [3.8, 4) is 0 Å². The van der Waals surface area contributed by atoms with Crippen molar-refractivity contribution in [3.05, 3.63) is 93.2 Å². The second kappa shape index (κ2) is 9.16. The molecule has 0 spiro atoms. The minimum Gasteiger partial charge on any atom is -0.381 e. The summed E-state index contributed by atoms with van der Waals surface area (Å²) < 4.78 is 0. The van der Waals surface area contributed by atoms with Crippen LogP contribution >= 0.6 is 0 Å². The Bertz CT molecular complexity index is 1140. The van der Waals surface area contributed by atoms with E-state index in [1.807, 2.05) is 40.2 Å². The Morgan fingerprint density at radius 1 is 1.23 bits per heavy atom. The van der Waals surface area contributed by atoms with E-state index in [4.69, 9.17) is 4.98 Å². The van der Waals surface area contributed by atoms with Gasteiger partial charge in [-0.15, -0.1) is 0 Å². The number of hydrogen-bond acceptors (Lipinski definition) is 5. The van der Waals surface area contributed by atoms with Gasteiger partial charge in [0.15, 0.2) is 0 Å². The van der Waals surface area contributed by atoms with Crippen molar-refractivity contribution < 1.29 is 0 Å². The molecule has 0 aliphatic carbocycles. The molecule has 0 saturated heterocycles. The molecule has 1 aliphatic heterocycles. The molecule has 3 rings (SSSR count). The largest absolute Gasteiger partial charge is 0.381 e. The van der Waals surface area contributed by atoms with E-state index in [-0.39, 0.29) is 5.56 Å². The Kier molecular flexibility index (Phi) is 6.59. The molecule has 0 radical (unpaired) electrons. The van der Waals surface area contributed by atoms with Crippen LogP contribution in [0.1, 0.15) is 43.4 Å². The number of aromatic amines is 1. The van der Waals surface area contributed by atoms with Gasteiger partial charge in [-0.25, -0.2) is 4.98 Å². The van der Waals surface area contributed by atoms with Gasteiger partial charge in [-0.05, 0) is 49.6 Å². The van der Waals surface area contributed by atoms with Crippen LogP contribution < -0.4 is 5.56 Å². The first-order chi connectivity index (χ1) is 14.7. The molecule has 0 aromatic carbocycles. The van der Waals surface area contributed by atoms with Crippen molar-refractivity contribution in [2.45, 2.75) is 33.7 Å². The van der Waals surface area contributed by atoms with Crippen LogP contribution in [0.15, 0.2) is 65.0 Å². The fraction of sp³-hybridized carbons (Fsp3) is 0.320. The van der Waals surface area contributed by atoms with Crippen LogP contribution in [-0.2, 0) is 13.0 Å². The van der Waals surface area contributed by atoms with Gasteiger partial charge in [0.05, 0.1) is 0 Å². The Balaban J connectivity index is 1.88. The van der Waals surface area contributed by atoms with Crippen molar-refractivity contribution in [1.29, 1.82) is 0 Å². The molecule has 1 N–H and O–H groups in total. The van der Waals surface area contributed by atoms with Crippen molar-refractivity contribution >= 4 is 11.6 Å². The lowest BCUT2D eigenvalue weighted by atomic mass is 9.95. The van der Waals surface area contributed by atoms with E-state index in [1.165, 1.54) is 17.8 Å². The first kappa shape index (κ1) is 22.3. The first-order valence-corrected chi connectivity index (χ1v) is 10.4. The smallest absolute Gasteiger partial charge is 0.251 e. The summed E-state index contributed by atoms with van der Waals surface area (Å²) in [6.07, 6.45) is 6.19. The molecule has 162 valence electrons. The highest BCUT2D eigenvalue weighted by Crippen LogP contribution is 2.30. The molecule has 0 fully saturated rings. The Hall–Kier alpha value is -3.41. The predicted octanol–water partition coefficient (Wildman–Crippen LogP) is 4.01. The van der Waals surface area contributed by atoms with E-state index >= 15 is 0 Å². The number of fused-ring (bicyclic) bond motifs is 1. The zero-order valence-corrected chi connectivity index (χ0v) is 19.1. The van der Waals surface area contributed by atoms with Crippen LogP contribution in [0.25, 0.3) is 11.6 Å². The van der Waals surface area contributed by atoms with Gasteiger partial charge in [-0.1, -0.05) is 13.2 Å². The van der Waals surface area contributed by atoms with Gasteiger partial charge in [-0.3, -0.25) is 9.78 Å². The van der Waals surface area contributed by atoms with Crippen LogP contribution in [0.3, 0.4) is 0 Å². The van der Waals surface area contributed by atoms with Crippen LogP contribution in [0.5, 0.6) is 0 Å². The summed E-state index contributed by atoms with van der Waals surface area (Å²) >= 11 is 0. The summed E-state index contributed by atoms with van der Waals surface area (Å²) in [6, 6.07) is 3.63. The third kappa shape index (κ3) is 5.02. The monoisotopic (exact) mass is 417 g/mol. The Morgan fingerprint density at radius 2 is 1.97 bits per heavy atom. The fourth-order valence-electron chi connectivity index (χ4n) is 3.78. The van der Waals surface area contributed by atoms with E-state index in [0.717, 1.165) is 58.9 Å². The average molecular weight is 418 g/mol. The summed E-state index contributed by atoms with van der Waals surface area (Å²) in [4.78, 5) is 27.6. The van der Waals surface area contributed by atoms with Crippen LogP contribution in [0.2, 0.25) is 0 Å². The van der Waals surface area contributed by atoms with E-state index in [2.05, 4.69) is 45.9 Å². The number of hydrogen-bond donors (Lipinski definition) is 1. The number of nitrogens with one attached hydrogen (secondary N) is 1. The fourth-order valence-corrected chi connectivity index (χ4v) is 3.78. The molecular formula is C25H31N5O. The molecular weight excluding hydrogens is 386 g/mol. The van der Waals surface area contributed by atoms with Crippen molar-refractivity contribution in [1.82, 2.24) is 24.8 Å². The maximum atomic E-state index is 11.5. The van der Waals surface area contributed by atoms with Crippen LogP contribution in [0, 0.1) is 0 Å². The lowest BCUT2D eigenvalue weighted by Crippen LogP contribution is -2.30. The number of pyridine rings is 1. The zero-order chi connectivity index (χ0) is 22.7. The molecule has 31 heavy (non-hydrogen) atoms. The Morgan fingerprint density at radius 3 is 2.61 bits per heavy atom. The highest BCUT2D eigenvalue weighted by molar-refractivity contribution is 5.79. The summed E-state index contributed by atoms with van der Waals surface area (Å²) in [7, 11) is 4.08. The van der Waals surface area contributed by atoms with E-state index < -0.39 is 0 Å². The summed E-state index contributed by atoms with van der Waals surface area (Å²) in [5.74, 6) is 0.530. The maximum absolute atomic E-state index is 11.5. The third-order valence-electron chi connectivity index (χ3n) is 5.67. The SMILES string of the molecule is C=C(C)/C(=C(/C)N(C)C)c1cnc2c(c1)CN(C(=C)/C(C)=C\c1nccc(=O)[nH]1)CC2. The maximum Gasteiger partial charge on any atom is 0.251 e. The number of H-pyrrole nitrogens is 1. The van der Waals surface area contributed by atoms with E-state index in [1.54, 1.807) is 0 Å². The van der Waals surface area contributed by atoms with Gasteiger partial charge in [0.1, 0.15) is 5.82 Å². The van der Waals surface area contributed by atoms with E-state index in [0.29, 0.717) is 5.82 Å². The van der Waals surface area contributed by atoms with Gasteiger partial charge < -0.3 is 14.8 Å². The molecule has 3 heterocycles. The molecule has 0 unspecified atom stereocenters. The normalized spacial score (nSPS) is 14.6. The molecule has 6 heteroatoms. The van der Waals surface area contributed by atoms with Crippen LogP contribution in [-0.4, -0.2) is 45.4 Å². The van der Waals surface area contributed by atoms with Gasteiger partial charge in [0.2, 0.25) is 0 Å². The minimum absolute atomic E-state index is 0.167. The predicted molar refractivity (Wildman–Crippen MR) is 127 cm³/mol. The number of aromatic nitrogens is 3. The van der Waals surface area contributed by atoms with Gasteiger partial charge in [0, 0.05) is 80.3 Å². The molecule has 0 bridgehead atoms. The Labute approximate surface area is 184 Å². The summed E-state index contributed by atoms with van der Waals surface area (Å²) in [6.45, 7) is 16.2. The second-order valence-corrected chi connectivity index (χ2v) is 8.23. The third-order valence-corrected chi connectivity index (χ3v) is 5.67. The quantitative estimate of drug-likeness (QED) is 0.720. The summed E-state index contributed by atoms with van der Waals surface area (Å²) in [5, 5.41) is 0. The van der Waals surface area contributed by atoms with Gasteiger partial charge >= 0.3 is 0 Å². The van der Waals surface area contributed by atoms with Gasteiger partial charge in [-0.2, -0.15) is 0 Å². The molecule has 1 aliphatic rings. The second-order valence-electron chi connectivity index (χ2n) is 8.23. The van der Waals surface area contributed by atoms with Crippen molar-refractivity contribution in [2.75, 3.05) is 20.6 Å². The van der Waals surface area contributed by atoms with E-state index in [9.17, 15) is 4.79 Å². The highest BCUT2D eigenvalue weighted by Gasteiger charge is 2.21. The van der Waals surface area contributed by atoms with Crippen molar-refractivity contribution in [2.24, 2.45) is 0 Å². The topological polar surface area (TPSA) is 65.1 Å².